The number of halogens is 3. The van der Waals surface area contributed by atoms with Gasteiger partial charge in [-0.1, -0.05) is 13.8 Å². The van der Waals surface area contributed by atoms with Crippen LogP contribution in [0.25, 0.3) is 0 Å². The predicted molar refractivity (Wildman–Crippen MR) is 70.6 cm³/mol. The average Bonchev–Trinajstić information content (AvgIpc) is 2.38. The largest absolute Gasteiger partial charge is 0.433 e. The van der Waals surface area contributed by atoms with Crippen molar-refractivity contribution in [3.05, 3.63) is 17.5 Å². The summed E-state index contributed by atoms with van der Waals surface area (Å²) in [5, 5.41) is 6.23. The first-order chi connectivity index (χ1) is 9.36. The number of nitrogens with zero attached hydrogens (tertiary/aromatic N) is 2. The molecule has 1 aliphatic rings. The molecule has 4 nitrogen and oxygen atoms in total. The quantitative estimate of drug-likeness (QED) is 0.898. The first-order valence-corrected chi connectivity index (χ1v) is 6.79. The molecule has 0 aromatic carbocycles. The van der Waals surface area contributed by atoms with Gasteiger partial charge in [0.1, 0.15) is 5.69 Å². The highest BCUT2D eigenvalue weighted by molar-refractivity contribution is 5.31. The number of hydrogen-bond donors (Lipinski definition) is 2. The van der Waals surface area contributed by atoms with E-state index < -0.39 is 11.9 Å². The van der Waals surface area contributed by atoms with Crippen LogP contribution in [0.5, 0.6) is 0 Å². The highest BCUT2D eigenvalue weighted by Crippen LogP contribution is 2.30. The normalized spacial score (nSPS) is 17.5. The smallest absolute Gasteiger partial charge is 0.351 e. The number of alkyl halides is 3. The van der Waals surface area contributed by atoms with Gasteiger partial charge in [0, 0.05) is 11.7 Å². The number of hydrogen-bond acceptors (Lipinski definition) is 4. The summed E-state index contributed by atoms with van der Waals surface area (Å²) in [7, 11) is 0. The Morgan fingerprint density at radius 3 is 2.45 bits per heavy atom. The molecule has 0 spiro atoms. The second-order valence-electron chi connectivity index (χ2n) is 5.32. The lowest BCUT2D eigenvalue weighted by atomic mass is 10.1. The van der Waals surface area contributed by atoms with Crippen molar-refractivity contribution in [2.75, 3.05) is 18.4 Å². The number of anilines is 1. The van der Waals surface area contributed by atoms with Crippen LogP contribution in [0.1, 0.15) is 44.0 Å². The lowest BCUT2D eigenvalue weighted by molar-refractivity contribution is -0.141. The minimum absolute atomic E-state index is 0.0762. The molecular formula is C13H19F3N4. The number of nitrogens with one attached hydrogen (secondary N) is 2. The standard InChI is InChI=1S/C13H19F3N4/c1-8(2)10-7-11(13(14,15)16)20-12(19-10)18-9-3-5-17-6-4-9/h7-9,17H,3-6H2,1-2H3,(H,18,19,20). The van der Waals surface area contributed by atoms with Crippen LogP contribution in [-0.2, 0) is 6.18 Å². The van der Waals surface area contributed by atoms with E-state index in [0.29, 0.717) is 5.69 Å². The molecule has 1 saturated heterocycles. The van der Waals surface area contributed by atoms with Crippen LogP contribution in [-0.4, -0.2) is 29.1 Å². The maximum absolute atomic E-state index is 12.9. The molecule has 2 heterocycles. The highest BCUT2D eigenvalue weighted by atomic mass is 19.4. The minimum atomic E-state index is -4.45. The molecule has 1 aromatic heterocycles. The zero-order valence-corrected chi connectivity index (χ0v) is 11.6. The third-order valence-corrected chi connectivity index (χ3v) is 3.30. The first kappa shape index (κ1) is 15.0. The van der Waals surface area contributed by atoms with Crippen molar-refractivity contribution in [2.24, 2.45) is 0 Å². The molecule has 0 radical (unpaired) electrons. The molecule has 2 N–H and O–H groups in total. The molecular weight excluding hydrogens is 269 g/mol. The van der Waals surface area contributed by atoms with Gasteiger partial charge in [-0.05, 0) is 37.9 Å². The second kappa shape index (κ2) is 5.95. The van der Waals surface area contributed by atoms with E-state index in [1.807, 2.05) is 13.8 Å². The summed E-state index contributed by atoms with van der Waals surface area (Å²) in [5.74, 6) is 0.00287. The van der Waals surface area contributed by atoms with Gasteiger partial charge in [0.05, 0.1) is 0 Å². The van der Waals surface area contributed by atoms with E-state index >= 15 is 0 Å². The fourth-order valence-corrected chi connectivity index (χ4v) is 2.12. The number of rotatable bonds is 3. The molecule has 20 heavy (non-hydrogen) atoms. The van der Waals surface area contributed by atoms with Gasteiger partial charge in [-0.2, -0.15) is 13.2 Å². The van der Waals surface area contributed by atoms with E-state index in [4.69, 9.17) is 0 Å². The van der Waals surface area contributed by atoms with Crippen LogP contribution in [0.4, 0.5) is 19.1 Å². The van der Waals surface area contributed by atoms with E-state index in [9.17, 15) is 13.2 Å². The van der Waals surface area contributed by atoms with E-state index in [2.05, 4.69) is 20.6 Å². The second-order valence-corrected chi connectivity index (χ2v) is 5.32. The first-order valence-electron chi connectivity index (χ1n) is 6.79. The molecule has 1 fully saturated rings. The Morgan fingerprint density at radius 1 is 1.25 bits per heavy atom. The van der Waals surface area contributed by atoms with Crippen molar-refractivity contribution in [1.29, 1.82) is 0 Å². The molecule has 2 rings (SSSR count). The SMILES string of the molecule is CC(C)c1cc(C(F)(F)F)nc(NC2CCNCC2)n1. The summed E-state index contributed by atoms with van der Waals surface area (Å²) < 4.78 is 38.6. The van der Waals surface area contributed by atoms with Gasteiger partial charge in [0.2, 0.25) is 5.95 Å². The van der Waals surface area contributed by atoms with Gasteiger partial charge in [-0.25, -0.2) is 9.97 Å². The van der Waals surface area contributed by atoms with Crippen molar-refractivity contribution >= 4 is 5.95 Å². The van der Waals surface area contributed by atoms with Gasteiger partial charge in [-0.15, -0.1) is 0 Å². The molecule has 1 aromatic rings. The van der Waals surface area contributed by atoms with E-state index in [1.165, 1.54) is 0 Å². The molecule has 7 heteroatoms. The Balaban J connectivity index is 2.24. The molecule has 0 atom stereocenters. The summed E-state index contributed by atoms with van der Waals surface area (Å²) in [6.45, 7) is 5.34. The Kier molecular flexibility index (Phi) is 4.47. The topological polar surface area (TPSA) is 49.8 Å². The van der Waals surface area contributed by atoms with Crippen molar-refractivity contribution in [2.45, 2.75) is 44.8 Å². The molecule has 0 bridgehead atoms. The molecule has 0 amide bonds. The summed E-state index contributed by atoms with van der Waals surface area (Å²) in [6, 6.07) is 1.15. The van der Waals surface area contributed by atoms with Crippen LogP contribution >= 0.6 is 0 Å². The third-order valence-electron chi connectivity index (χ3n) is 3.30. The van der Waals surface area contributed by atoms with Gasteiger partial charge in [0.25, 0.3) is 0 Å². The van der Waals surface area contributed by atoms with Gasteiger partial charge >= 0.3 is 6.18 Å². The van der Waals surface area contributed by atoms with Crippen LogP contribution in [0, 0.1) is 0 Å². The fourth-order valence-electron chi connectivity index (χ4n) is 2.12. The Labute approximate surface area is 116 Å². The minimum Gasteiger partial charge on any atom is -0.351 e. The molecule has 1 aliphatic heterocycles. The molecule has 0 aliphatic carbocycles. The van der Waals surface area contributed by atoms with Crippen LogP contribution in [0.15, 0.2) is 6.07 Å². The fraction of sp³-hybridized carbons (Fsp3) is 0.692. The number of aromatic nitrogens is 2. The summed E-state index contributed by atoms with van der Waals surface area (Å²) >= 11 is 0. The molecule has 112 valence electrons. The van der Waals surface area contributed by atoms with Crippen LogP contribution in [0.3, 0.4) is 0 Å². The zero-order valence-electron chi connectivity index (χ0n) is 11.6. The maximum Gasteiger partial charge on any atom is 0.433 e. The average molecular weight is 288 g/mol. The van der Waals surface area contributed by atoms with E-state index in [1.54, 1.807) is 0 Å². The lowest BCUT2D eigenvalue weighted by Crippen LogP contribution is -2.36. The Bertz CT molecular complexity index is 453. The highest BCUT2D eigenvalue weighted by Gasteiger charge is 2.34. The molecule has 0 saturated carbocycles. The third kappa shape index (κ3) is 3.82. The van der Waals surface area contributed by atoms with Gasteiger partial charge < -0.3 is 10.6 Å². The van der Waals surface area contributed by atoms with Crippen LogP contribution < -0.4 is 10.6 Å². The van der Waals surface area contributed by atoms with Crippen molar-refractivity contribution in [3.8, 4) is 0 Å². The van der Waals surface area contributed by atoms with Crippen LogP contribution in [0.2, 0.25) is 0 Å². The predicted octanol–water partition coefficient (Wildman–Crippen LogP) is 2.78. The Morgan fingerprint density at radius 2 is 1.90 bits per heavy atom. The monoisotopic (exact) mass is 288 g/mol. The summed E-state index contributed by atoms with van der Waals surface area (Å²) in [4.78, 5) is 7.81. The lowest BCUT2D eigenvalue weighted by Gasteiger charge is -2.24. The van der Waals surface area contributed by atoms with E-state index in [0.717, 1.165) is 32.0 Å². The zero-order chi connectivity index (χ0) is 14.8. The van der Waals surface area contributed by atoms with Gasteiger partial charge in [-0.3, -0.25) is 0 Å². The maximum atomic E-state index is 12.9. The summed E-state index contributed by atoms with van der Waals surface area (Å²) in [6.07, 6.45) is -2.73. The number of piperidine rings is 1. The van der Waals surface area contributed by atoms with Gasteiger partial charge in [0.15, 0.2) is 0 Å². The van der Waals surface area contributed by atoms with Crippen molar-refractivity contribution in [3.63, 3.8) is 0 Å². The van der Waals surface area contributed by atoms with E-state index in [-0.39, 0.29) is 17.9 Å². The van der Waals surface area contributed by atoms with Crippen molar-refractivity contribution in [1.82, 2.24) is 15.3 Å². The Hall–Kier alpha value is -1.37. The summed E-state index contributed by atoms with van der Waals surface area (Å²) in [5.41, 5.74) is -0.476. The molecule has 0 unspecified atom stereocenters. The van der Waals surface area contributed by atoms with Crippen molar-refractivity contribution < 1.29 is 13.2 Å².